The summed E-state index contributed by atoms with van der Waals surface area (Å²) in [7, 11) is 0. The Morgan fingerprint density at radius 1 is 0.833 bits per heavy atom. The molecule has 0 atom stereocenters. The predicted molar refractivity (Wildman–Crippen MR) is 76.1 cm³/mol. The second kappa shape index (κ2) is 3.20. The van der Waals surface area contributed by atoms with Gasteiger partial charge in [-0.3, -0.25) is 0 Å². The van der Waals surface area contributed by atoms with Crippen molar-refractivity contribution in [2.24, 2.45) is 0 Å². The third-order valence-electron chi connectivity index (χ3n) is 4.10. The molecule has 0 amide bonds. The van der Waals surface area contributed by atoms with Crippen LogP contribution in [0.5, 0.6) is 0 Å². The van der Waals surface area contributed by atoms with E-state index >= 15 is 0 Å². The number of hydrogen-bond acceptors (Lipinski definition) is 0. The minimum absolute atomic E-state index is 1.30. The summed E-state index contributed by atoms with van der Waals surface area (Å²) in [4.78, 5) is 0. The molecule has 0 aliphatic carbocycles. The van der Waals surface area contributed by atoms with Gasteiger partial charge in [0.2, 0.25) is 5.52 Å². The van der Waals surface area contributed by atoms with Crippen LogP contribution in [-0.4, -0.2) is 0 Å². The van der Waals surface area contributed by atoms with Crippen LogP contribution >= 0.6 is 0 Å². The Hall–Kier alpha value is -2.15. The zero-order chi connectivity index (χ0) is 12.3. The molecule has 1 aromatic heterocycles. The highest BCUT2D eigenvalue weighted by Crippen LogP contribution is 2.34. The molecule has 0 unspecified atom stereocenters. The molecule has 4 rings (SSSR count). The van der Waals surface area contributed by atoms with E-state index in [9.17, 15) is 0 Å². The second-order valence-electron chi connectivity index (χ2n) is 5.00. The lowest BCUT2D eigenvalue weighted by molar-refractivity contribution is -0.548. The van der Waals surface area contributed by atoms with Crippen LogP contribution in [0.1, 0.15) is 19.4 Å². The fourth-order valence-electron chi connectivity index (χ4n) is 3.02. The van der Waals surface area contributed by atoms with Crippen LogP contribution in [0.3, 0.4) is 0 Å². The highest BCUT2D eigenvalue weighted by molar-refractivity contribution is 6.09. The van der Waals surface area contributed by atoms with Gasteiger partial charge in [0.25, 0.3) is 0 Å². The Morgan fingerprint density at radius 2 is 1.61 bits per heavy atom. The molecule has 0 fully saturated rings. The van der Waals surface area contributed by atoms with Gasteiger partial charge in [-0.05, 0) is 25.1 Å². The van der Waals surface area contributed by atoms with E-state index < -0.39 is 0 Å². The van der Waals surface area contributed by atoms with E-state index in [1.807, 2.05) is 0 Å². The van der Waals surface area contributed by atoms with E-state index in [0.717, 1.165) is 0 Å². The van der Waals surface area contributed by atoms with E-state index in [1.54, 1.807) is 0 Å². The topological polar surface area (TPSA) is 3.88 Å². The normalized spacial score (nSPS) is 13.9. The van der Waals surface area contributed by atoms with Crippen LogP contribution in [0, 0.1) is 0 Å². The molecule has 0 spiro atoms. The van der Waals surface area contributed by atoms with Crippen LogP contribution in [0.15, 0.2) is 48.7 Å². The fraction of sp³-hybridized carbons (Fsp3) is 0.118. The fourth-order valence-corrected chi connectivity index (χ4v) is 3.02. The Morgan fingerprint density at radius 3 is 2.50 bits per heavy atom. The van der Waals surface area contributed by atoms with Gasteiger partial charge in [-0.25, -0.2) is 0 Å². The lowest BCUT2D eigenvalue weighted by atomic mass is 10.0. The van der Waals surface area contributed by atoms with E-state index in [0.29, 0.717) is 0 Å². The Kier molecular flexibility index (Phi) is 1.75. The SMILES string of the molecule is CC1=C(C)[n+]2cc3ccccc3c3cccc1c32. The van der Waals surface area contributed by atoms with Gasteiger partial charge in [-0.15, -0.1) is 0 Å². The summed E-state index contributed by atoms with van der Waals surface area (Å²) >= 11 is 0. The third-order valence-corrected chi connectivity index (χ3v) is 4.10. The highest BCUT2D eigenvalue weighted by Gasteiger charge is 2.27. The van der Waals surface area contributed by atoms with Gasteiger partial charge < -0.3 is 0 Å². The predicted octanol–water partition coefficient (Wildman–Crippen LogP) is 4.00. The Balaban J connectivity index is 2.35. The molecule has 0 bridgehead atoms. The number of rotatable bonds is 0. The number of fused-ring (bicyclic) bond motifs is 2. The summed E-state index contributed by atoms with van der Waals surface area (Å²) in [6.45, 7) is 4.41. The van der Waals surface area contributed by atoms with Crippen LogP contribution < -0.4 is 4.57 Å². The van der Waals surface area contributed by atoms with Crippen molar-refractivity contribution in [2.45, 2.75) is 13.8 Å². The minimum Gasteiger partial charge on any atom is -0.163 e. The molecule has 2 heterocycles. The van der Waals surface area contributed by atoms with Gasteiger partial charge in [-0.1, -0.05) is 24.3 Å². The quantitative estimate of drug-likeness (QED) is 0.407. The maximum Gasteiger partial charge on any atom is 0.226 e. The van der Waals surface area contributed by atoms with Crippen molar-refractivity contribution in [1.82, 2.24) is 0 Å². The molecule has 1 heteroatoms. The van der Waals surface area contributed by atoms with E-state index in [2.05, 4.69) is 67.1 Å². The molecule has 86 valence electrons. The molecule has 0 radical (unpaired) electrons. The van der Waals surface area contributed by atoms with Gasteiger partial charge in [-0.2, -0.15) is 4.57 Å². The molecule has 0 saturated carbocycles. The van der Waals surface area contributed by atoms with Crippen molar-refractivity contribution in [3.05, 3.63) is 54.2 Å². The third kappa shape index (κ3) is 1.04. The molecule has 1 aliphatic rings. The summed E-state index contributed by atoms with van der Waals surface area (Å²) in [5.41, 5.74) is 5.45. The van der Waals surface area contributed by atoms with Crippen molar-refractivity contribution in [1.29, 1.82) is 0 Å². The van der Waals surface area contributed by atoms with E-state index in [-0.39, 0.29) is 0 Å². The van der Waals surface area contributed by atoms with Crippen molar-refractivity contribution in [2.75, 3.05) is 0 Å². The zero-order valence-corrected chi connectivity index (χ0v) is 10.6. The molecular weight excluding hydrogens is 218 g/mol. The van der Waals surface area contributed by atoms with E-state index in [4.69, 9.17) is 0 Å². The monoisotopic (exact) mass is 232 g/mol. The number of nitrogens with zero attached hydrogens (tertiary/aromatic N) is 1. The molecule has 1 aliphatic heterocycles. The van der Waals surface area contributed by atoms with Crippen LogP contribution in [0.2, 0.25) is 0 Å². The first-order valence-corrected chi connectivity index (χ1v) is 6.32. The number of pyridine rings is 1. The molecule has 3 aromatic rings. The summed E-state index contributed by atoms with van der Waals surface area (Å²) in [5.74, 6) is 0. The summed E-state index contributed by atoms with van der Waals surface area (Å²) < 4.78 is 2.34. The summed E-state index contributed by atoms with van der Waals surface area (Å²) in [6.07, 6.45) is 2.26. The van der Waals surface area contributed by atoms with E-state index in [1.165, 1.54) is 38.5 Å². The lowest BCUT2D eigenvalue weighted by Gasteiger charge is -2.02. The molecule has 0 saturated heterocycles. The van der Waals surface area contributed by atoms with Gasteiger partial charge in [0.1, 0.15) is 0 Å². The number of benzene rings is 2. The lowest BCUT2D eigenvalue weighted by Crippen LogP contribution is -2.29. The Bertz CT molecular complexity index is 841. The maximum atomic E-state index is 2.34. The molecule has 0 N–H and O–H groups in total. The number of allylic oxidation sites excluding steroid dienone is 2. The van der Waals surface area contributed by atoms with Crippen molar-refractivity contribution in [3.63, 3.8) is 0 Å². The summed E-state index contributed by atoms with van der Waals surface area (Å²) in [6, 6.07) is 15.2. The van der Waals surface area contributed by atoms with Crippen molar-refractivity contribution in [3.8, 4) is 0 Å². The first-order chi connectivity index (χ1) is 8.77. The second-order valence-corrected chi connectivity index (χ2v) is 5.00. The standard InChI is InChI=1S/C17H14N/c1-11-12(2)18-10-13-6-3-4-7-15(13)16-9-5-8-14(11)17(16)18/h3-10H,1-2H3/q+1. The average Bonchev–Trinajstić information content (AvgIpc) is 2.66. The Labute approximate surface area is 106 Å². The van der Waals surface area contributed by atoms with Crippen molar-refractivity contribution < 1.29 is 4.57 Å². The largest absolute Gasteiger partial charge is 0.226 e. The average molecular weight is 232 g/mol. The number of hydrogen-bond donors (Lipinski definition) is 0. The van der Waals surface area contributed by atoms with Gasteiger partial charge in [0.05, 0.1) is 10.9 Å². The maximum absolute atomic E-state index is 2.34. The molecule has 2 aromatic carbocycles. The van der Waals surface area contributed by atoms with Crippen molar-refractivity contribution >= 4 is 32.9 Å². The zero-order valence-electron chi connectivity index (χ0n) is 10.6. The van der Waals surface area contributed by atoms with Crippen LogP contribution in [0.4, 0.5) is 0 Å². The molecule has 1 nitrogen and oxygen atoms in total. The smallest absolute Gasteiger partial charge is 0.163 e. The first kappa shape index (κ1) is 9.84. The number of aromatic nitrogens is 1. The molecular formula is C17H14N+. The highest BCUT2D eigenvalue weighted by atomic mass is 15.0. The van der Waals surface area contributed by atoms with Gasteiger partial charge in [0.15, 0.2) is 11.9 Å². The minimum atomic E-state index is 1.30. The van der Waals surface area contributed by atoms with Crippen LogP contribution in [-0.2, 0) is 0 Å². The van der Waals surface area contributed by atoms with Crippen LogP contribution in [0.25, 0.3) is 32.9 Å². The molecule has 18 heavy (non-hydrogen) atoms. The summed E-state index contributed by atoms with van der Waals surface area (Å²) in [5, 5.41) is 3.99. The number of para-hydroxylation sites is 1. The van der Waals surface area contributed by atoms with Gasteiger partial charge in [0, 0.05) is 23.3 Å². The van der Waals surface area contributed by atoms with Gasteiger partial charge >= 0.3 is 0 Å². The first-order valence-electron chi connectivity index (χ1n) is 6.32.